The van der Waals surface area contributed by atoms with Crippen LogP contribution >= 0.6 is 0 Å². The SMILES string of the molecule is COc1cc(N)c(NC(=O)C2CCCO2)cc1OC. The number of anilines is 2. The van der Waals surface area contributed by atoms with Crippen LogP contribution in [-0.4, -0.2) is 32.8 Å². The molecule has 1 aromatic carbocycles. The first-order chi connectivity index (χ1) is 9.15. The molecule has 1 aliphatic rings. The predicted octanol–water partition coefficient (Wildman–Crippen LogP) is 1.40. The lowest BCUT2D eigenvalue weighted by molar-refractivity contribution is -0.124. The molecule has 1 unspecified atom stereocenters. The standard InChI is InChI=1S/C13H18N2O4/c1-17-11-6-8(14)9(7-12(11)18-2)15-13(16)10-4-3-5-19-10/h6-7,10H,3-5,14H2,1-2H3,(H,15,16). The largest absolute Gasteiger partial charge is 0.493 e. The first kappa shape index (κ1) is 13.5. The molecule has 0 radical (unpaired) electrons. The summed E-state index contributed by atoms with van der Waals surface area (Å²) in [5.41, 5.74) is 6.80. The minimum absolute atomic E-state index is 0.184. The monoisotopic (exact) mass is 266 g/mol. The van der Waals surface area contributed by atoms with Crippen LogP contribution in [0.4, 0.5) is 11.4 Å². The Balaban J connectivity index is 2.17. The van der Waals surface area contributed by atoms with Crippen molar-refractivity contribution in [3.63, 3.8) is 0 Å². The van der Waals surface area contributed by atoms with Gasteiger partial charge in [0.05, 0.1) is 25.6 Å². The number of methoxy groups -OCH3 is 2. The van der Waals surface area contributed by atoms with E-state index in [0.717, 1.165) is 12.8 Å². The number of nitrogens with one attached hydrogen (secondary N) is 1. The Labute approximate surface area is 111 Å². The van der Waals surface area contributed by atoms with Crippen molar-refractivity contribution in [2.24, 2.45) is 0 Å². The lowest BCUT2D eigenvalue weighted by atomic mass is 10.2. The summed E-state index contributed by atoms with van der Waals surface area (Å²) in [5.74, 6) is 0.853. The fraction of sp³-hybridized carbons (Fsp3) is 0.462. The molecule has 1 saturated heterocycles. The molecule has 3 N–H and O–H groups in total. The maximum Gasteiger partial charge on any atom is 0.253 e. The molecule has 0 aromatic heterocycles. The molecule has 1 aliphatic heterocycles. The lowest BCUT2D eigenvalue weighted by Gasteiger charge is -2.15. The van der Waals surface area contributed by atoms with E-state index in [1.165, 1.54) is 14.2 Å². The minimum Gasteiger partial charge on any atom is -0.493 e. The van der Waals surface area contributed by atoms with Gasteiger partial charge < -0.3 is 25.3 Å². The van der Waals surface area contributed by atoms with Crippen LogP contribution in [0.15, 0.2) is 12.1 Å². The third-order valence-electron chi connectivity index (χ3n) is 3.04. The van der Waals surface area contributed by atoms with Gasteiger partial charge in [0.25, 0.3) is 5.91 Å². The number of nitrogen functional groups attached to an aromatic ring is 1. The molecule has 1 aromatic rings. The molecule has 1 amide bonds. The van der Waals surface area contributed by atoms with Gasteiger partial charge >= 0.3 is 0 Å². The lowest BCUT2D eigenvalue weighted by Crippen LogP contribution is -2.27. The zero-order valence-corrected chi connectivity index (χ0v) is 11.1. The van der Waals surface area contributed by atoms with E-state index >= 15 is 0 Å². The summed E-state index contributed by atoms with van der Waals surface area (Å²) in [5, 5.41) is 2.75. The van der Waals surface area contributed by atoms with Crippen molar-refractivity contribution in [3.8, 4) is 11.5 Å². The molecular weight excluding hydrogens is 248 g/mol. The van der Waals surface area contributed by atoms with E-state index in [1.807, 2.05) is 0 Å². The Morgan fingerprint density at radius 2 is 2.05 bits per heavy atom. The predicted molar refractivity (Wildman–Crippen MR) is 71.6 cm³/mol. The van der Waals surface area contributed by atoms with Crippen molar-refractivity contribution in [2.45, 2.75) is 18.9 Å². The zero-order chi connectivity index (χ0) is 13.8. The summed E-state index contributed by atoms with van der Waals surface area (Å²) in [6.45, 7) is 0.625. The number of carbonyl (C=O) groups is 1. The van der Waals surface area contributed by atoms with Gasteiger partial charge in [-0.25, -0.2) is 0 Å². The van der Waals surface area contributed by atoms with Crippen molar-refractivity contribution in [1.82, 2.24) is 0 Å². The number of hydrogen-bond donors (Lipinski definition) is 2. The number of nitrogens with two attached hydrogens (primary N) is 1. The number of benzene rings is 1. The van der Waals surface area contributed by atoms with Crippen molar-refractivity contribution in [3.05, 3.63) is 12.1 Å². The van der Waals surface area contributed by atoms with E-state index in [0.29, 0.717) is 29.5 Å². The molecule has 0 bridgehead atoms. The van der Waals surface area contributed by atoms with Crippen LogP contribution in [-0.2, 0) is 9.53 Å². The molecule has 1 atom stereocenters. The molecule has 1 fully saturated rings. The molecule has 104 valence electrons. The van der Waals surface area contributed by atoms with Gasteiger partial charge in [0.15, 0.2) is 11.5 Å². The number of amides is 1. The molecule has 2 rings (SSSR count). The Bertz CT molecular complexity index is 470. The van der Waals surface area contributed by atoms with Gasteiger partial charge in [-0.3, -0.25) is 4.79 Å². The Morgan fingerprint density at radius 3 is 2.63 bits per heavy atom. The van der Waals surface area contributed by atoms with E-state index in [-0.39, 0.29) is 5.91 Å². The first-order valence-corrected chi connectivity index (χ1v) is 6.09. The van der Waals surface area contributed by atoms with Crippen LogP contribution in [0.2, 0.25) is 0 Å². The van der Waals surface area contributed by atoms with Crippen molar-refractivity contribution in [2.75, 3.05) is 31.9 Å². The van der Waals surface area contributed by atoms with E-state index in [2.05, 4.69) is 5.32 Å². The summed E-state index contributed by atoms with van der Waals surface area (Å²) < 4.78 is 15.6. The average molecular weight is 266 g/mol. The molecule has 0 aliphatic carbocycles. The smallest absolute Gasteiger partial charge is 0.253 e. The first-order valence-electron chi connectivity index (χ1n) is 6.09. The van der Waals surface area contributed by atoms with Crippen LogP contribution in [0.1, 0.15) is 12.8 Å². The molecule has 1 heterocycles. The zero-order valence-electron chi connectivity index (χ0n) is 11.1. The topological polar surface area (TPSA) is 82.8 Å². The van der Waals surface area contributed by atoms with E-state index in [4.69, 9.17) is 19.9 Å². The summed E-state index contributed by atoms with van der Waals surface area (Å²) >= 11 is 0. The number of hydrogen-bond acceptors (Lipinski definition) is 5. The highest BCUT2D eigenvalue weighted by molar-refractivity contribution is 5.97. The second-order valence-electron chi connectivity index (χ2n) is 4.29. The normalized spacial score (nSPS) is 18.1. The van der Waals surface area contributed by atoms with E-state index in [1.54, 1.807) is 12.1 Å². The number of carbonyl (C=O) groups excluding carboxylic acids is 1. The van der Waals surface area contributed by atoms with Crippen LogP contribution < -0.4 is 20.5 Å². The Kier molecular flexibility index (Phi) is 4.11. The quantitative estimate of drug-likeness (QED) is 0.805. The van der Waals surface area contributed by atoms with Crippen LogP contribution in [0.3, 0.4) is 0 Å². The third-order valence-corrected chi connectivity index (χ3v) is 3.04. The Morgan fingerprint density at radius 1 is 1.37 bits per heavy atom. The summed E-state index contributed by atoms with van der Waals surface area (Å²) in [4.78, 5) is 12.0. The molecule has 19 heavy (non-hydrogen) atoms. The van der Waals surface area contributed by atoms with Crippen LogP contribution in [0.25, 0.3) is 0 Å². The molecular formula is C13H18N2O4. The van der Waals surface area contributed by atoms with Gasteiger partial charge in [-0.2, -0.15) is 0 Å². The van der Waals surface area contributed by atoms with Gasteiger partial charge in [0.2, 0.25) is 0 Å². The average Bonchev–Trinajstić information content (AvgIpc) is 2.94. The number of ether oxygens (including phenoxy) is 3. The van der Waals surface area contributed by atoms with Gasteiger partial charge in [0, 0.05) is 18.7 Å². The van der Waals surface area contributed by atoms with Crippen LogP contribution in [0, 0.1) is 0 Å². The second kappa shape index (κ2) is 5.79. The fourth-order valence-electron chi connectivity index (χ4n) is 2.00. The van der Waals surface area contributed by atoms with Gasteiger partial charge in [-0.1, -0.05) is 0 Å². The molecule has 0 spiro atoms. The van der Waals surface area contributed by atoms with Crippen molar-refractivity contribution < 1.29 is 19.0 Å². The summed E-state index contributed by atoms with van der Waals surface area (Å²) in [7, 11) is 3.06. The van der Waals surface area contributed by atoms with Gasteiger partial charge in [0.1, 0.15) is 6.10 Å². The second-order valence-corrected chi connectivity index (χ2v) is 4.29. The highest BCUT2D eigenvalue weighted by Crippen LogP contribution is 2.35. The van der Waals surface area contributed by atoms with Gasteiger partial charge in [-0.15, -0.1) is 0 Å². The van der Waals surface area contributed by atoms with Crippen LogP contribution in [0.5, 0.6) is 11.5 Å². The summed E-state index contributed by atoms with van der Waals surface area (Å²) in [6, 6.07) is 3.25. The van der Waals surface area contributed by atoms with E-state index in [9.17, 15) is 4.79 Å². The fourth-order valence-corrected chi connectivity index (χ4v) is 2.00. The van der Waals surface area contributed by atoms with Gasteiger partial charge in [-0.05, 0) is 12.8 Å². The summed E-state index contributed by atoms with van der Waals surface area (Å²) in [6.07, 6.45) is 1.24. The maximum absolute atomic E-state index is 12.0. The number of rotatable bonds is 4. The highest BCUT2D eigenvalue weighted by Gasteiger charge is 2.24. The molecule has 0 saturated carbocycles. The molecule has 6 nitrogen and oxygen atoms in total. The molecule has 6 heteroatoms. The maximum atomic E-state index is 12.0. The van der Waals surface area contributed by atoms with E-state index < -0.39 is 6.10 Å². The Hall–Kier alpha value is -1.95. The third kappa shape index (κ3) is 2.90. The minimum atomic E-state index is -0.396. The van der Waals surface area contributed by atoms with Crippen molar-refractivity contribution >= 4 is 17.3 Å². The highest BCUT2D eigenvalue weighted by atomic mass is 16.5. The van der Waals surface area contributed by atoms with Crippen molar-refractivity contribution in [1.29, 1.82) is 0 Å².